The average molecular weight is 276 g/mol. The molecule has 3 aliphatic heterocycles. The van der Waals surface area contributed by atoms with E-state index in [1.54, 1.807) is 19.4 Å². The number of hydrogen-bond donors (Lipinski definition) is 1. The van der Waals surface area contributed by atoms with E-state index in [1.807, 2.05) is 11.0 Å². The zero-order valence-electron chi connectivity index (χ0n) is 11.7. The molecule has 2 bridgehead atoms. The summed E-state index contributed by atoms with van der Waals surface area (Å²) in [4.78, 5) is 20.9. The van der Waals surface area contributed by atoms with Crippen LogP contribution in [0, 0.1) is 0 Å². The highest BCUT2D eigenvalue weighted by molar-refractivity contribution is 5.89. The van der Waals surface area contributed by atoms with E-state index < -0.39 is 0 Å². The van der Waals surface area contributed by atoms with Crippen molar-refractivity contribution in [3.8, 4) is 5.88 Å². The summed E-state index contributed by atoms with van der Waals surface area (Å²) in [5.74, 6) is 0.546. The maximum absolute atomic E-state index is 12.4. The number of carbonyl (C=O) groups excluding carboxylic acids is 1. The number of amides is 2. The van der Waals surface area contributed by atoms with Crippen LogP contribution in [0.3, 0.4) is 0 Å². The Balaban J connectivity index is 1.65. The van der Waals surface area contributed by atoms with E-state index in [-0.39, 0.29) is 6.03 Å². The van der Waals surface area contributed by atoms with E-state index in [2.05, 4.69) is 15.2 Å². The van der Waals surface area contributed by atoms with E-state index in [0.717, 1.165) is 39.0 Å². The van der Waals surface area contributed by atoms with E-state index in [1.165, 1.54) is 0 Å². The van der Waals surface area contributed by atoms with Crippen LogP contribution in [0.1, 0.15) is 12.8 Å². The number of urea groups is 1. The quantitative estimate of drug-likeness (QED) is 0.887. The summed E-state index contributed by atoms with van der Waals surface area (Å²) in [6.45, 7) is 4.00. The first-order valence-corrected chi connectivity index (χ1v) is 7.06. The maximum atomic E-state index is 12.4. The molecule has 1 aromatic rings. The fraction of sp³-hybridized carbons (Fsp3) is 0.571. The zero-order valence-corrected chi connectivity index (χ0v) is 11.7. The summed E-state index contributed by atoms with van der Waals surface area (Å²) in [5, 5.41) is 2.92. The molecule has 1 aromatic heterocycles. The Kier molecular flexibility index (Phi) is 3.73. The van der Waals surface area contributed by atoms with Gasteiger partial charge in [-0.3, -0.25) is 0 Å². The molecule has 20 heavy (non-hydrogen) atoms. The van der Waals surface area contributed by atoms with Gasteiger partial charge in [-0.05, 0) is 18.9 Å². The van der Waals surface area contributed by atoms with Crippen molar-refractivity contribution in [1.82, 2.24) is 14.8 Å². The molecule has 1 N–H and O–H groups in total. The molecule has 108 valence electrons. The number of ether oxygens (including phenoxy) is 1. The Morgan fingerprint density at radius 2 is 2.10 bits per heavy atom. The van der Waals surface area contributed by atoms with Gasteiger partial charge in [-0.15, -0.1) is 0 Å². The summed E-state index contributed by atoms with van der Waals surface area (Å²) >= 11 is 0. The number of hydrogen-bond acceptors (Lipinski definition) is 4. The highest BCUT2D eigenvalue weighted by Crippen LogP contribution is 2.21. The number of piperidine rings is 1. The Bertz CT molecular complexity index is 469. The standard InChI is InChI=1S/C14H20N4O2/c1-20-13-3-2-11(10-15-13)16-14(19)18-9-8-17-6-4-12(18)5-7-17/h2-3,10,12H,4-9H2,1H3,(H,16,19). The van der Waals surface area contributed by atoms with E-state index in [4.69, 9.17) is 4.74 Å². The van der Waals surface area contributed by atoms with E-state index in [0.29, 0.717) is 17.6 Å². The number of rotatable bonds is 2. The summed E-state index contributed by atoms with van der Waals surface area (Å²) in [5.41, 5.74) is 0.704. The zero-order chi connectivity index (χ0) is 13.9. The number of fused-ring (bicyclic) bond motifs is 4. The summed E-state index contributed by atoms with van der Waals surface area (Å²) in [7, 11) is 1.57. The Morgan fingerprint density at radius 1 is 1.30 bits per heavy atom. The first-order chi connectivity index (χ1) is 9.76. The van der Waals surface area contributed by atoms with Crippen LogP contribution in [-0.4, -0.2) is 60.1 Å². The predicted octanol–water partition coefficient (Wildman–Crippen LogP) is 1.40. The number of nitrogens with one attached hydrogen (secondary N) is 1. The molecule has 0 aliphatic carbocycles. The third-order valence-corrected chi connectivity index (χ3v) is 4.11. The Labute approximate surface area is 118 Å². The van der Waals surface area contributed by atoms with Gasteiger partial charge in [0.05, 0.1) is 19.0 Å². The molecule has 0 radical (unpaired) electrons. The second kappa shape index (κ2) is 5.66. The number of aromatic nitrogens is 1. The van der Waals surface area contributed by atoms with Crippen molar-refractivity contribution in [2.24, 2.45) is 0 Å². The van der Waals surface area contributed by atoms with Crippen molar-refractivity contribution >= 4 is 11.7 Å². The minimum atomic E-state index is -0.0225. The molecule has 0 atom stereocenters. The van der Waals surface area contributed by atoms with Crippen LogP contribution >= 0.6 is 0 Å². The van der Waals surface area contributed by atoms with Crippen molar-refractivity contribution in [1.29, 1.82) is 0 Å². The Morgan fingerprint density at radius 3 is 2.75 bits per heavy atom. The fourth-order valence-corrected chi connectivity index (χ4v) is 2.92. The molecule has 0 saturated carbocycles. The van der Waals surface area contributed by atoms with Crippen molar-refractivity contribution < 1.29 is 9.53 Å². The molecular weight excluding hydrogens is 256 g/mol. The average Bonchev–Trinajstić information content (AvgIpc) is 2.81. The minimum absolute atomic E-state index is 0.0225. The van der Waals surface area contributed by atoms with Crippen LogP contribution in [-0.2, 0) is 0 Å². The minimum Gasteiger partial charge on any atom is -0.481 e. The number of nitrogens with zero attached hydrogens (tertiary/aromatic N) is 3. The van der Waals surface area contributed by atoms with Crippen LogP contribution < -0.4 is 10.1 Å². The van der Waals surface area contributed by atoms with Crippen molar-refractivity contribution in [2.45, 2.75) is 18.9 Å². The largest absolute Gasteiger partial charge is 0.481 e. The smallest absolute Gasteiger partial charge is 0.322 e. The number of anilines is 1. The molecule has 4 rings (SSSR count). The van der Waals surface area contributed by atoms with Gasteiger partial charge >= 0.3 is 6.03 Å². The molecule has 6 nitrogen and oxygen atoms in total. The molecule has 0 unspecified atom stereocenters. The Hall–Kier alpha value is -1.82. The van der Waals surface area contributed by atoms with Crippen LogP contribution in [0.5, 0.6) is 5.88 Å². The van der Waals surface area contributed by atoms with Crippen LogP contribution in [0.25, 0.3) is 0 Å². The summed E-state index contributed by atoms with van der Waals surface area (Å²) in [6, 6.07) is 3.91. The highest BCUT2D eigenvalue weighted by Gasteiger charge is 2.31. The molecular formula is C14H20N4O2. The lowest BCUT2D eigenvalue weighted by Crippen LogP contribution is -2.43. The van der Waals surface area contributed by atoms with Gasteiger partial charge in [-0.25, -0.2) is 9.78 Å². The lowest BCUT2D eigenvalue weighted by atomic mass is 10.1. The summed E-state index contributed by atoms with van der Waals surface area (Å²) < 4.78 is 5.01. The lowest BCUT2D eigenvalue weighted by molar-refractivity contribution is 0.182. The second-order valence-electron chi connectivity index (χ2n) is 5.29. The third kappa shape index (κ3) is 2.70. The first kappa shape index (κ1) is 13.2. The number of carbonyl (C=O) groups is 1. The summed E-state index contributed by atoms with van der Waals surface area (Å²) in [6.07, 6.45) is 3.78. The van der Waals surface area contributed by atoms with E-state index in [9.17, 15) is 4.79 Å². The van der Waals surface area contributed by atoms with Gasteiger partial charge in [-0.1, -0.05) is 0 Å². The van der Waals surface area contributed by atoms with Gasteiger partial charge in [-0.2, -0.15) is 0 Å². The highest BCUT2D eigenvalue weighted by atomic mass is 16.5. The predicted molar refractivity (Wildman–Crippen MR) is 76.0 cm³/mol. The van der Waals surface area contributed by atoms with Gasteiger partial charge in [0.25, 0.3) is 0 Å². The van der Waals surface area contributed by atoms with Crippen molar-refractivity contribution in [2.75, 3.05) is 38.6 Å². The SMILES string of the molecule is COc1ccc(NC(=O)N2CCN3CCC2CC3)cn1. The molecule has 0 aromatic carbocycles. The van der Waals surface area contributed by atoms with Crippen molar-refractivity contribution in [3.05, 3.63) is 18.3 Å². The monoisotopic (exact) mass is 276 g/mol. The van der Waals surface area contributed by atoms with E-state index >= 15 is 0 Å². The molecule has 3 fully saturated rings. The van der Waals surface area contributed by atoms with Gasteiger partial charge in [0.1, 0.15) is 0 Å². The second-order valence-corrected chi connectivity index (χ2v) is 5.29. The lowest BCUT2D eigenvalue weighted by Gasteiger charge is -2.31. The molecule has 4 heterocycles. The first-order valence-electron chi connectivity index (χ1n) is 7.06. The topological polar surface area (TPSA) is 57.7 Å². The van der Waals surface area contributed by atoms with Crippen LogP contribution in [0.2, 0.25) is 0 Å². The van der Waals surface area contributed by atoms with Crippen LogP contribution in [0.15, 0.2) is 18.3 Å². The molecule has 2 amide bonds. The van der Waals surface area contributed by atoms with Crippen LogP contribution in [0.4, 0.5) is 10.5 Å². The third-order valence-electron chi connectivity index (χ3n) is 4.11. The fourth-order valence-electron chi connectivity index (χ4n) is 2.92. The van der Waals surface area contributed by atoms with Crippen molar-refractivity contribution in [3.63, 3.8) is 0 Å². The maximum Gasteiger partial charge on any atom is 0.322 e. The van der Waals surface area contributed by atoms with Gasteiger partial charge in [0.2, 0.25) is 5.88 Å². The molecule has 0 spiro atoms. The van der Waals surface area contributed by atoms with Gasteiger partial charge in [0.15, 0.2) is 0 Å². The molecule has 3 aliphatic rings. The number of methoxy groups -OCH3 is 1. The molecule has 3 saturated heterocycles. The number of pyridine rings is 1. The van der Waals surface area contributed by atoms with Gasteiger partial charge in [0, 0.05) is 38.3 Å². The normalized spacial score (nSPS) is 25.1. The van der Waals surface area contributed by atoms with Gasteiger partial charge < -0.3 is 19.9 Å². The molecule has 6 heteroatoms.